The Hall–Kier alpha value is -1.73. The van der Waals surface area contributed by atoms with Gasteiger partial charge in [-0.25, -0.2) is 0 Å². The first-order chi connectivity index (χ1) is 4.86. The maximum absolute atomic E-state index is 8.42. The SMILES string of the molecule is C#Cc1c[c]cc(C#N)c1. The number of nitriles is 1. The molecule has 0 N–H and O–H groups in total. The molecule has 0 spiro atoms. The Labute approximate surface area is 59.9 Å². The average Bonchev–Trinajstić information content (AvgIpc) is 2.05. The molecule has 10 heavy (non-hydrogen) atoms. The van der Waals surface area contributed by atoms with Crippen molar-refractivity contribution in [3.8, 4) is 18.4 Å². The Morgan fingerprint density at radius 1 is 1.40 bits per heavy atom. The van der Waals surface area contributed by atoms with Crippen molar-refractivity contribution in [1.29, 1.82) is 5.26 Å². The lowest BCUT2D eigenvalue weighted by Gasteiger charge is -1.87. The molecular weight excluding hydrogens is 122 g/mol. The summed E-state index contributed by atoms with van der Waals surface area (Å²) < 4.78 is 0. The zero-order valence-electron chi connectivity index (χ0n) is 5.26. The second-order valence-electron chi connectivity index (χ2n) is 1.77. The first kappa shape index (κ1) is 6.39. The molecule has 0 unspecified atom stereocenters. The standard InChI is InChI=1S/C9H4N/c1-2-8-4-3-5-9(6-8)7-10/h1,4-6H. The average molecular weight is 126 g/mol. The van der Waals surface area contributed by atoms with Crippen LogP contribution in [0, 0.1) is 29.7 Å². The van der Waals surface area contributed by atoms with Gasteiger partial charge >= 0.3 is 0 Å². The quantitative estimate of drug-likeness (QED) is 0.481. The Balaban J connectivity index is 3.17. The van der Waals surface area contributed by atoms with Gasteiger partial charge in [0, 0.05) is 5.56 Å². The number of rotatable bonds is 0. The number of terminal acetylenes is 1. The first-order valence-corrected chi connectivity index (χ1v) is 2.74. The van der Waals surface area contributed by atoms with Crippen molar-refractivity contribution in [2.45, 2.75) is 0 Å². The zero-order valence-corrected chi connectivity index (χ0v) is 5.26. The van der Waals surface area contributed by atoms with Gasteiger partial charge in [-0.1, -0.05) is 5.92 Å². The third-order valence-corrected chi connectivity index (χ3v) is 1.08. The van der Waals surface area contributed by atoms with E-state index in [1.807, 2.05) is 6.07 Å². The van der Waals surface area contributed by atoms with E-state index in [9.17, 15) is 0 Å². The normalized spacial score (nSPS) is 7.80. The molecule has 0 fully saturated rings. The van der Waals surface area contributed by atoms with Crippen LogP contribution in [0.5, 0.6) is 0 Å². The van der Waals surface area contributed by atoms with Gasteiger partial charge in [-0.05, 0) is 24.3 Å². The lowest BCUT2D eigenvalue weighted by atomic mass is 10.1. The van der Waals surface area contributed by atoms with Gasteiger partial charge in [0.05, 0.1) is 11.6 Å². The van der Waals surface area contributed by atoms with Crippen LogP contribution < -0.4 is 0 Å². The molecule has 0 aromatic heterocycles. The van der Waals surface area contributed by atoms with Gasteiger partial charge in [0.15, 0.2) is 0 Å². The monoisotopic (exact) mass is 126 g/mol. The van der Waals surface area contributed by atoms with E-state index < -0.39 is 0 Å². The molecule has 0 saturated heterocycles. The fraction of sp³-hybridized carbons (Fsp3) is 0. The van der Waals surface area contributed by atoms with Gasteiger partial charge in [0.2, 0.25) is 0 Å². The highest BCUT2D eigenvalue weighted by molar-refractivity contribution is 5.39. The minimum atomic E-state index is 0.551. The lowest BCUT2D eigenvalue weighted by molar-refractivity contribution is 1.47. The molecule has 0 amide bonds. The Kier molecular flexibility index (Phi) is 1.73. The molecule has 0 aliphatic carbocycles. The second-order valence-corrected chi connectivity index (χ2v) is 1.77. The van der Waals surface area contributed by atoms with Gasteiger partial charge < -0.3 is 0 Å². The van der Waals surface area contributed by atoms with Crippen molar-refractivity contribution in [2.75, 3.05) is 0 Å². The molecule has 0 atom stereocenters. The molecule has 1 radical (unpaired) electrons. The van der Waals surface area contributed by atoms with E-state index in [2.05, 4.69) is 12.0 Å². The van der Waals surface area contributed by atoms with Gasteiger partial charge in [-0.3, -0.25) is 0 Å². The molecule has 0 saturated carbocycles. The summed E-state index contributed by atoms with van der Waals surface area (Å²) in [4.78, 5) is 0. The smallest absolute Gasteiger partial charge is 0.0992 e. The summed E-state index contributed by atoms with van der Waals surface area (Å²) in [6.07, 6.45) is 5.09. The van der Waals surface area contributed by atoms with Crippen LogP contribution in [0.3, 0.4) is 0 Å². The Morgan fingerprint density at radius 3 is 2.70 bits per heavy atom. The van der Waals surface area contributed by atoms with Crippen molar-refractivity contribution in [1.82, 2.24) is 0 Å². The summed E-state index contributed by atoms with van der Waals surface area (Å²) in [6.45, 7) is 0. The van der Waals surface area contributed by atoms with Gasteiger partial charge in [0.1, 0.15) is 0 Å². The van der Waals surface area contributed by atoms with E-state index >= 15 is 0 Å². The summed E-state index contributed by atoms with van der Waals surface area (Å²) >= 11 is 0. The molecule has 0 bridgehead atoms. The predicted octanol–water partition coefficient (Wildman–Crippen LogP) is 1.34. The highest BCUT2D eigenvalue weighted by Crippen LogP contribution is 2.00. The second kappa shape index (κ2) is 2.71. The summed E-state index contributed by atoms with van der Waals surface area (Å²) in [6, 6.07) is 9.66. The Morgan fingerprint density at radius 2 is 2.10 bits per heavy atom. The predicted molar refractivity (Wildman–Crippen MR) is 37.9 cm³/mol. The fourth-order valence-corrected chi connectivity index (χ4v) is 0.620. The number of benzene rings is 1. The molecule has 1 aromatic carbocycles. The van der Waals surface area contributed by atoms with E-state index in [0.717, 1.165) is 0 Å². The van der Waals surface area contributed by atoms with Crippen LogP contribution in [-0.4, -0.2) is 0 Å². The van der Waals surface area contributed by atoms with Crippen molar-refractivity contribution < 1.29 is 0 Å². The van der Waals surface area contributed by atoms with Crippen LogP contribution in [0.25, 0.3) is 0 Å². The van der Waals surface area contributed by atoms with E-state index in [-0.39, 0.29) is 0 Å². The van der Waals surface area contributed by atoms with E-state index in [1.165, 1.54) is 0 Å². The highest BCUT2D eigenvalue weighted by atomic mass is 14.2. The molecule has 0 aliphatic heterocycles. The molecule has 1 heteroatoms. The Bertz CT molecular complexity index is 283. The topological polar surface area (TPSA) is 23.8 Å². The van der Waals surface area contributed by atoms with Crippen LogP contribution in [0.2, 0.25) is 0 Å². The van der Waals surface area contributed by atoms with Gasteiger partial charge in [0.25, 0.3) is 0 Å². The van der Waals surface area contributed by atoms with Crippen molar-refractivity contribution in [3.05, 3.63) is 35.4 Å². The van der Waals surface area contributed by atoms with E-state index in [1.54, 1.807) is 18.2 Å². The summed E-state index contributed by atoms with van der Waals surface area (Å²) in [5, 5.41) is 8.42. The van der Waals surface area contributed by atoms with Crippen LogP contribution in [0.15, 0.2) is 18.2 Å². The number of hydrogen-bond acceptors (Lipinski definition) is 1. The molecule has 45 valence electrons. The summed E-state index contributed by atoms with van der Waals surface area (Å²) in [5.74, 6) is 2.42. The maximum Gasteiger partial charge on any atom is 0.0992 e. The van der Waals surface area contributed by atoms with Crippen LogP contribution in [0.4, 0.5) is 0 Å². The molecular formula is C9H4N. The first-order valence-electron chi connectivity index (χ1n) is 2.74. The van der Waals surface area contributed by atoms with Crippen LogP contribution >= 0.6 is 0 Å². The minimum Gasteiger partial charge on any atom is -0.192 e. The highest BCUT2D eigenvalue weighted by Gasteiger charge is 1.88. The maximum atomic E-state index is 8.42. The lowest BCUT2D eigenvalue weighted by Crippen LogP contribution is -1.76. The third-order valence-electron chi connectivity index (χ3n) is 1.08. The van der Waals surface area contributed by atoms with Gasteiger partial charge in [-0.15, -0.1) is 6.42 Å². The van der Waals surface area contributed by atoms with Crippen molar-refractivity contribution >= 4 is 0 Å². The van der Waals surface area contributed by atoms with Crippen molar-refractivity contribution in [2.24, 2.45) is 0 Å². The fourth-order valence-electron chi connectivity index (χ4n) is 0.620. The van der Waals surface area contributed by atoms with Crippen LogP contribution in [-0.2, 0) is 0 Å². The number of hydrogen-bond donors (Lipinski definition) is 0. The van der Waals surface area contributed by atoms with Crippen LogP contribution in [0.1, 0.15) is 11.1 Å². The number of nitrogens with zero attached hydrogens (tertiary/aromatic N) is 1. The molecule has 1 nitrogen and oxygen atoms in total. The summed E-state index contributed by atoms with van der Waals surface area (Å²) in [7, 11) is 0. The molecule has 0 heterocycles. The molecule has 1 rings (SSSR count). The molecule has 1 aromatic rings. The van der Waals surface area contributed by atoms with E-state index in [0.29, 0.717) is 11.1 Å². The zero-order chi connectivity index (χ0) is 7.40. The minimum absolute atomic E-state index is 0.551. The summed E-state index contributed by atoms with van der Waals surface area (Å²) in [5.41, 5.74) is 1.24. The molecule has 0 aliphatic rings. The van der Waals surface area contributed by atoms with Crippen molar-refractivity contribution in [3.63, 3.8) is 0 Å². The third kappa shape index (κ3) is 1.16. The van der Waals surface area contributed by atoms with E-state index in [4.69, 9.17) is 11.7 Å². The van der Waals surface area contributed by atoms with Gasteiger partial charge in [-0.2, -0.15) is 5.26 Å². The largest absolute Gasteiger partial charge is 0.192 e.